The molecule has 21 heavy (non-hydrogen) atoms. The van der Waals surface area contributed by atoms with Gasteiger partial charge in [0.25, 0.3) is 0 Å². The van der Waals surface area contributed by atoms with E-state index in [4.69, 9.17) is 0 Å². The standard InChI is InChI=1S/C21H40/c1-16(2)5-8-18(4)21-13-11-20(12-14-21)15-19-9-6-17(3)7-10-19/h16-21H,5-15H2,1-4H3. The van der Waals surface area contributed by atoms with E-state index in [0.717, 1.165) is 35.5 Å². The van der Waals surface area contributed by atoms with Gasteiger partial charge in [0.15, 0.2) is 0 Å². The molecule has 0 heteroatoms. The van der Waals surface area contributed by atoms with Gasteiger partial charge in [-0.25, -0.2) is 0 Å². The third-order valence-electron chi connectivity index (χ3n) is 6.70. The van der Waals surface area contributed by atoms with Crippen molar-refractivity contribution in [1.82, 2.24) is 0 Å². The van der Waals surface area contributed by atoms with Crippen molar-refractivity contribution >= 4 is 0 Å². The van der Waals surface area contributed by atoms with E-state index in [0.29, 0.717) is 0 Å². The molecule has 1 atom stereocenters. The summed E-state index contributed by atoms with van der Waals surface area (Å²) in [5.74, 6) is 6.09. The van der Waals surface area contributed by atoms with Crippen LogP contribution in [-0.2, 0) is 0 Å². The van der Waals surface area contributed by atoms with E-state index in [1.807, 2.05) is 0 Å². The van der Waals surface area contributed by atoms with Crippen LogP contribution in [0.2, 0.25) is 0 Å². The lowest BCUT2D eigenvalue weighted by atomic mass is 9.70. The lowest BCUT2D eigenvalue weighted by molar-refractivity contribution is 0.165. The van der Waals surface area contributed by atoms with E-state index in [9.17, 15) is 0 Å². The van der Waals surface area contributed by atoms with Crippen LogP contribution in [0.15, 0.2) is 0 Å². The first kappa shape index (κ1) is 17.4. The fourth-order valence-corrected chi connectivity index (χ4v) is 4.86. The molecule has 0 spiro atoms. The first-order valence-corrected chi connectivity index (χ1v) is 10.0. The van der Waals surface area contributed by atoms with Gasteiger partial charge in [0, 0.05) is 0 Å². The Morgan fingerprint density at radius 2 is 1.24 bits per heavy atom. The molecule has 0 bridgehead atoms. The molecular formula is C21H40. The first-order valence-electron chi connectivity index (χ1n) is 10.0. The van der Waals surface area contributed by atoms with Crippen LogP contribution in [0, 0.1) is 35.5 Å². The van der Waals surface area contributed by atoms with Gasteiger partial charge < -0.3 is 0 Å². The average Bonchev–Trinajstić information content (AvgIpc) is 2.48. The minimum atomic E-state index is 0.887. The smallest absolute Gasteiger partial charge is 0.0388 e. The van der Waals surface area contributed by atoms with E-state index in [-0.39, 0.29) is 0 Å². The predicted molar refractivity (Wildman–Crippen MR) is 94.4 cm³/mol. The maximum absolute atomic E-state index is 2.52. The maximum atomic E-state index is 2.52. The van der Waals surface area contributed by atoms with Crippen molar-refractivity contribution in [3.05, 3.63) is 0 Å². The molecule has 0 saturated heterocycles. The minimum absolute atomic E-state index is 0.887. The molecule has 0 aromatic rings. The number of hydrogen-bond donors (Lipinski definition) is 0. The highest BCUT2D eigenvalue weighted by molar-refractivity contribution is 4.79. The Labute approximate surface area is 134 Å². The third kappa shape index (κ3) is 5.95. The van der Waals surface area contributed by atoms with Gasteiger partial charge >= 0.3 is 0 Å². The average molecular weight is 293 g/mol. The third-order valence-corrected chi connectivity index (χ3v) is 6.70. The van der Waals surface area contributed by atoms with Crippen LogP contribution in [0.5, 0.6) is 0 Å². The van der Waals surface area contributed by atoms with Crippen molar-refractivity contribution in [2.24, 2.45) is 35.5 Å². The lowest BCUT2D eigenvalue weighted by Gasteiger charge is -2.35. The Morgan fingerprint density at radius 1 is 0.714 bits per heavy atom. The molecule has 124 valence electrons. The fourth-order valence-electron chi connectivity index (χ4n) is 4.86. The van der Waals surface area contributed by atoms with Gasteiger partial charge in [0.1, 0.15) is 0 Å². The summed E-state index contributed by atoms with van der Waals surface area (Å²) in [4.78, 5) is 0. The molecule has 0 aromatic heterocycles. The van der Waals surface area contributed by atoms with E-state index in [2.05, 4.69) is 27.7 Å². The van der Waals surface area contributed by atoms with Crippen molar-refractivity contribution in [2.75, 3.05) is 0 Å². The fraction of sp³-hybridized carbons (Fsp3) is 1.00. The number of rotatable bonds is 6. The Morgan fingerprint density at radius 3 is 1.76 bits per heavy atom. The summed E-state index contributed by atoms with van der Waals surface area (Å²) in [7, 11) is 0. The van der Waals surface area contributed by atoms with Crippen molar-refractivity contribution in [3.8, 4) is 0 Å². The van der Waals surface area contributed by atoms with E-state index < -0.39 is 0 Å². The van der Waals surface area contributed by atoms with Gasteiger partial charge in [-0.3, -0.25) is 0 Å². The Hall–Kier alpha value is 0. The molecule has 0 nitrogen and oxygen atoms in total. The van der Waals surface area contributed by atoms with Crippen LogP contribution >= 0.6 is 0 Å². The predicted octanol–water partition coefficient (Wildman–Crippen LogP) is 7.08. The summed E-state index contributed by atoms with van der Waals surface area (Å²) in [6.07, 6.45) is 16.7. The van der Waals surface area contributed by atoms with E-state index in [1.165, 1.54) is 51.4 Å². The molecule has 0 aromatic carbocycles. The van der Waals surface area contributed by atoms with Crippen molar-refractivity contribution in [1.29, 1.82) is 0 Å². The van der Waals surface area contributed by atoms with Crippen molar-refractivity contribution in [2.45, 2.75) is 98.3 Å². The zero-order valence-electron chi connectivity index (χ0n) is 15.2. The van der Waals surface area contributed by atoms with Crippen LogP contribution < -0.4 is 0 Å². The molecule has 0 aliphatic heterocycles. The van der Waals surface area contributed by atoms with Crippen LogP contribution in [0.1, 0.15) is 98.3 Å². The van der Waals surface area contributed by atoms with E-state index in [1.54, 1.807) is 19.3 Å². The van der Waals surface area contributed by atoms with Crippen molar-refractivity contribution < 1.29 is 0 Å². The Bertz CT molecular complexity index is 264. The second kappa shape index (κ2) is 8.59. The molecular weight excluding hydrogens is 252 g/mol. The highest BCUT2D eigenvalue weighted by Crippen LogP contribution is 2.40. The second-order valence-corrected chi connectivity index (χ2v) is 9.09. The van der Waals surface area contributed by atoms with Gasteiger partial charge in [0.2, 0.25) is 0 Å². The summed E-state index contributed by atoms with van der Waals surface area (Å²) < 4.78 is 0. The first-order chi connectivity index (χ1) is 10.0. The molecule has 2 aliphatic rings. The van der Waals surface area contributed by atoms with Crippen LogP contribution in [0.3, 0.4) is 0 Å². The highest BCUT2D eigenvalue weighted by atomic mass is 14.3. The normalized spacial score (nSPS) is 35.9. The highest BCUT2D eigenvalue weighted by Gasteiger charge is 2.28. The van der Waals surface area contributed by atoms with Crippen LogP contribution in [0.4, 0.5) is 0 Å². The summed E-state index contributed by atoms with van der Waals surface area (Å²) in [6.45, 7) is 9.71. The van der Waals surface area contributed by atoms with Gasteiger partial charge in [-0.15, -0.1) is 0 Å². The summed E-state index contributed by atoms with van der Waals surface area (Å²) in [6, 6.07) is 0. The Kier molecular flexibility index (Phi) is 7.10. The molecule has 0 heterocycles. The largest absolute Gasteiger partial charge is 0.0628 e. The molecule has 2 saturated carbocycles. The molecule has 2 aliphatic carbocycles. The summed E-state index contributed by atoms with van der Waals surface area (Å²) in [5.41, 5.74) is 0. The summed E-state index contributed by atoms with van der Waals surface area (Å²) >= 11 is 0. The minimum Gasteiger partial charge on any atom is -0.0628 e. The molecule has 0 amide bonds. The second-order valence-electron chi connectivity index (χ2n) is 9.09. The Balaban J connectivity index is 1.63. The number of hydrogen-bond acceptors (Lipinski definition) is 0. The molecule has 2 rings (SSSR count). The zero-order chi connectivity index (χ0) is 15.2. The van der Waals surface area contributed by atoms with Crippen LogP contribution in [-0.4, -0.2) is 0 Å². The van der Waals surface area contributed by atoms with Gasteiger partial charge in [-0.2, -0.15) is 0 Å². The SMILES string of the molecule is CC(C)CCC(C)C1CCC(CC2CCC(C)CC2)CC1. The maximum Gasteiger partial charge on any atom is -0.0388 e. The summed E-state index contributed by atoms with van der Waals surface area (Å²) in [5, 5.41) is 0. The lowest BCUT2D eigenvalue weighted by Crippen LogP contribution is -2.23. The molecule has 2 fully saturated rings. The van der Waals surface area contributed by atoms with Gasteiger partial charge in [0.05, 0.1) is 0 Å². The van der Waals surface area contributed by atoms with Gasteiger partial charge in [-0.05, 0) is 54.8 Å². The monoisotopic (exact) mass is 292 g/mol. The topological polar surface area (TPSA) is 0 Å². The van der Waals surface area contributed by atoms with Gasteiger partial charge in [-0.1, -0.05) is 79.1 Å². The zero-order valence-corrected chi connectivity index (χ0v) is 15.2. The quantitative estimate of drug-likeness (QED) is 0.490. The molecule has 1 unspecified atom stereocenters. The molecule has 0 N–H and O–H groups in total. The van der Waals surface area contributed by atoms with E-state index >= 15 is 0 Å². The molecule has 0 radical (unpaired) electrons. The van der Waals surface area contributed by atoms with Crippen molar-refractivity contribution in [3.63, 3.8) is 0 Å². The van der Waals surface area contributed by atoms with Crippen LogP contribution in [0.25, 0.3) is 0 Å².